The summed E-state index contributed by atoms with van der Waals surface area (Å²) in [6.07, 6.45) is 0. The Balaban J connectivity index is 2.06. The van der Waals surface area contributed by atoms with Crippen molar-refractivity contribution >= 4 is 22.4 Å². The van der Waals surface area contributed by atoms with Crippen LogP contribution in [0, 0.1) is 5.82 Å². The Morgan fingerprint density at radius 1 is 0.905 bits per heavy atom. The number of nitrogens with two attached hydrogens (primary N) is 1. The van der Waals surface area contributed by atoms with Crippen molar-refractivity contribution in [3.63, 3.8) is 0 Å². The van der Waals surface area contributed by atoms with Crippen molar-refractivity contribution in [2.45, 2.75) is 6.04 Å². The second kappa shape index (κ2) is 5.82. The molecule has 0 aliphatic rings. The Morgan fingerprint density at radius 2 is 1.57 bits per heavy atom. The number of hydrazine groups is 1. The lowest BCUT2D eigenvalue weighted by Gasteiger charge is -2.18. The van der Waals surface area contributed by atoms with E-state index in [2.05, 4.69) is 17.6 Å². The summed E-state index contributed by atoms with van der Waals surface area (Å²) in [6, 6.07) is 18.6. The van der Waals surface area contributed by atoms with Crippen LogP contribution < -0.4 is 11.3 Å². The highest BCUT2D eigenvalue weighted by molar-refractivity contribution is 6.30. The highest BCUT2D eigenvalue weighted by Crippen LogP contribution is 2.27. The Bertz CT molecular complexity index is 789. The first-order valence-electron chi connectivity index (χ1n) is 6.59. The standard InChI is InChI=1S/C17H14ClFN2/c18-15-10-14(7-8-16(15)19)17(21-20)13-6-5-11-3-1-2-4-12(11)9-13/h1-10,17,21H,20H2. The van der Waals surface area contributed by atoms with Gasteiger partial charge in [-0.15, -0.1) is 0 Å². The molecule has 2 nitrogen and oxygen atoms in total. The molecule has 0 radical (unpaired) electrons. The lowest BCUT2D eigenvalue weighted by Crippen LogP contribution is -2.28. The Labute approximate surface area is 127 Å². The average Bonchev–Trinajstić information content (AvgIpc) is 2.51. The lowest BCUT2D eigenvalue weighted by atomic mass is 9.97. The number of rotatable bonds is 3. The summed E-state index contributed by atoms with van der Waals surface area (Å²) in [7, 11) is 0. The number of halogens is 2. The highest BCUT2D eigenvalue weighted by Gasteiger charge is 2.14. The molecule has 0 aliphatic heterocycles. The topological polar surface area (TPSA) is 38.0 Å². The summed E-state index contributed by atoms with van der Waals surface area (Å²) < 4.78 is 13.3. The summed E-state index contributed by atoms with van der Waals surface area (Å²) >= 11 is 5.85. The van der Waals surface area contributed by atoms with Gasteiger partial charge in [-0.1, -0.05) is 54.1 Å². The van der Waals surface area contributed by atoms with Gasteiger partial charge in [0.1, 0.15) is 5.82 Å². The minimum absolute atomic E-state index is 0.0912. The van der Waals surface area contributed by atoms with E-state index in [1.165, 1.54) is 6.07 Å². The summed E-state index contributed by atoms with van der Waals surface area (Å²) in [5.41, 5.74) is 4.58. The van der Waals surface area contributed by atoms with E-state index in [1.807, 2.05) is 30.3 Å². The molecule has 0 bridgehead atoms. The molecule has 0 amide bonds. The maximum Gasteiger partial charge on any atom is 0.141 e. The molecule has 3 rings (SSSR count). The van der Waals surface area contributed by atoms with Crippen molar-refractivity contribution in [3.8, 4) is 0 Å². The molecule has 3 N–H and O–H groups in total. The predicted octanol–water partition coefficient (Wildman–Crippen LogP) is 4.19. The molecule has 106 valence electrons. The summed E-state index contributed by atoms with van der Waals surface area (Å²) in [4.78, 5) is 0. The van der Waals surface area contributed by atoms with Crippen molar-refractivity contribution in [1.29, 1.82) is 0 Å². The molecule has 0 heterocycles. The smallest absolute Gasteiger partial charge is 0.141 e. The maximum atomic E-state index is 13.3. The fraction of sp³-hybridized carbons (Fsp3) is 0.0588. The molecule has 0 aliphatic carbocycles. The third-order valence-corrected chi connectivity index (χ3v) is 3.84. The molecule has 4 heteroatoms. The molecule has 21 heavy (non-hydrogen) atoms. The monoisotopic (exact) mass is 300 g/mol. The van der Waals surface area contributed by atoms with Gasteiger partial charge in [-0.05, 0) is 40.1 Å². The van der Waals surface area contributed by atoms with Crippen molar-refractivity contribution in [2.75, 3.05) is 0 Å². The van der Waals surface area contributed by atoms with E-state index in [-0.39, 0.29) is 11.1 Å². The molecule has 3 aromatic carbocycles. The second-order valence-electron chi connectivity index (χ2n) is 4.88. The fourth-order valence-electron chi connectivity index (χ4n) is 2.46. The van der Waals surface area contributed by atoms with Gasteiger partial charge >= 0.3 is 0 Å². The van der Waals surface area contributed by atoms with Crippen LogP contribution in [-0.4, -0.2) is 0 Å². The van der Waals surface area contributed by atoms with Crippen molar-refractivity contribution in [2.24, 2.45) is 5.84 Å². The predicted molar refractivity (Wildman–Crippen MR) is 84.5 cm³/mol. The molecule has 0 fully saturated rings. The molecule has 0 saturated carbocycles. The van der Waals surface area contributed by atoms with E-state index >= 15 is 0 Å². The lowest BCUT2D eigenvalue weighted by molar-refractivity contribution is 0.616. The molecule has 0 spiro atoms. The molecule has 1 unspecified atom stereocenters. The first-order valence-corrected chi connectivity index (χ1v) is 6.96. The van der Waals surface area contributed by atoms with Crippen LogP contribution in [0.25, 0.3) is 10.8 Å². The molecule has 0 aromatic heterocycles. The third-order valence-electron chi connectivity index (χ3n) is 3.55. The Kier molecular flexibility index (Phi) is 3.88. The zero-order chi connectivity index (χ0) is 14.8. The van der Waals surface area contributed by atoms with E-state index in [0.29, 0.717) is 0 Å². The van der Waals surface area contributed by atoms with Gasteiger partial charge in [0.25, 0.3) is 0 Å². The quantitative estimate of drug-likeness (QED) is 0.562. The van der Waals surface area contributed by atoms with Crippen molar-refractivity contribution in [3.05, 3.63) is 82.6 Å². The highest BCUT2D eigenvalue weighted by atomic mass is 35.5. The van der Waals surface area contributed by atoms with Gasteiger partial charge < -0.3 is 0 Å². The van der Waals surface area contributed by atoms with Gasteiger partial charge in [0.05, 0.1) is 11.1 Å². The molecular weight excluding hydrogens is 287 g/mol. The Morgan fingerprint density at radius 3 is 2.29 bits per heavy atom. The van der Waals surface area contributed by atoms with Gasteiger partial charge in [-0.25, -0.2) is 9.82 Å². The van der Waals surface area contributed by atoms with Gasteiger partial charge in [0, 0.05) is 0 Å². The van der Waals surface area contributed by atoms with Gasteiger partial charge in [0.2, 0.25) is 0 Å². The van der Waals surface area contributed by atoms with E-state index in [1.54, 1.807) is 12.1 Å². The van der Waals surface area contributed by atoms with Crippen molar-refractivity contribution in [1.82, 2.24) is 5.43 Å². The van der Waals surface area contributed by atoms with Crippen LogP contribution in [-0.2, 0) is 0 Å². The zero-order valence-electron chi connectivity index (χ0n) is 11.2. The largest absolute Gasteiger partial charge is 0.271 e. The summed E-state index contributed by atoms with van der Waals surface area (Å²) in [5, 5.41) is 2.38. The summed E-state index contributed by atoms with van der Waals surface area (Å²) in [5.74, 6) is 5.25. The number of benzene rings is 3. The normalized spacial score (nSPS) is 12.5. The average molecular weight is 301 g/mol. The van der Waals surface area contributed by atoms with Gasteiger partial charge in [-0.2, -0.15) is 0 Å². The van der Waals surface area contributed by atoms with E-state index in [4.69, 9.17) is 17.4 Å². The minimum Gasteiger partial charge on any atom is -0.271 e. The number of fused-ring (bicyclic) bond motifs is 1. The van der Waals surface area contributed by atoms with Crippen LogP contribution in [0.15, 0.2) is 60.7 Å². The van der Waals surface area contributed by atoms with Crippen LogP contribution in [0.5, 0.6) is 0 Å². The van der Waals surface area contributed by atoms with Crippen LogP contribution in [0.2, 0.25) is 5.02 Å². The SMILES string of the molecule is NNC(c1ccc(F)c(Cl)c1)c1ccc2ccccc2c1. The van der Waals surface area contributed by atoms with Gasteiger partial charge in [-0.3, -0.25) is 5.84 Å². The number of hydrogen-bond acceptors (Lipinski definition) is 2. The van der Waals surface area contributed by atoms with E-state index < -0.39 is 5.82 Å². The second-order valence-corrected chi connectivity index (χ2v) is 5.29. The first kappa shape index (κ1) is 14.0. The number of nitrogens with one attached hydrogen (secondary N) is 1. The van der Waals surface area contributed by atoms with Gasteiger partial charge in [0.15, 0.2) is 0 Å². The maximum absolute atomic E-state index is 13.3. The van der Waals surface area contributed by atoms with E-state index in [0.717, 1.165) is 21.9 Å². The third kappa shape index (κ3) is 2.76. The van der Waals surface area contributed by atoms with Crippen LogP contribution >= 0.6 is 11.6 Å². The zero-order valence-corrected chi connectivity index (χ0v) is 11.9. The molecular formula is C17H14ClFN2. The van der Waals surface area contributed by atoms with Crippen LogP contribution in [0.1, 0.15) is 17.2 Å². The Hall–Kier alpha value is -1.94. The molecule has 1 atom stereocenters. The fourth-order valence-corrected chi connectivity index (χ4v) is 2.65. The van der Waals surface area contributed by atoms with Crippen LogP contribution in [0.3, 0.4) is 0 Å². The number of hydrogen-bond donors (Lipinski definition) is 2. The van der Waals surface area contributed by atoms with E-state index in [9.17, 15) is 4.39 Å². The van der Waals surface area contributed by atoms with Crippen molar-refractivity contribution < 1.29 is 4.39 Å². The minimum atomic E-state index is -0.435. The van der Waals surface area contributed by atoms with Crippen LogP contribution in [0.4, 0.5) is 4.39 Å². The molecule has 0 saturated heterocycles. The first-order chi connectivity index (χ1) is 10.2. The summed E-state index contributed by atoms with van der Waals surface area (Å²) in [6.45, 7) is 0. The molecule has 3 aromatic rings.